The number of ether oxygens (including phenoxy) is 1. The summed E-state index contributed by atoms with van der Waals surface area (Å²) in [5.41, 5.74) is 0. The van der Waals surface area contributed by atoms with Gasteiger partial charge in [-0.1, -0.05) is 44.6 Å². The number of allylic oxidation sites excluding steroid dienone is 3. The van der Waals surface area contributed by atoms with Crippen LogP contribution < -0.4 is 0 Å². The van der Waals surface area contributed by atoms with Crippen molar-refractivity contribution in [3.8, 4) is 0 Å². The van der Waals surface area contributed by atoms with Gasteiger partial charge in [0.1, 0.15) is 0 Å². The highest BCUT2D eigenvalue weighted by Crippen LogP contribution is 2.05. The molecule has 1 heteroatoms. The molecule has 12 heavy (non-hydrogen) atoms. The minimum absolute atomic E-state index is 0.696. The lowest BCUT2D eigenvalue weighted by Crippen LogP contribution is -1.86. The zero-order chi connectivity index (χ0) is 9.23. The maximum Gasteiger partial charge on any atom is 0.0646 e. The summed E-state index contributed by atoms with van der Waals surface area (Å²) < 4.78 is 4.88. The Labute approximate surface area is 76.1 Å². The van der Waals surface area contributed by atoms with Gasteiger partial charge in [-0.25, -0.2) is 0 Å². The smallest absolute Gasteiger partial charge is 0.0646 e. The summed E-state index contributed by atoms with van der Waals surface area (Å²) in [6, 6.07) is 0. The van der Waals surface area contributed by atoms with Crippen LogP contribution in [0.3, 0.4) is 0 Å². The Morgan fingerprint density at radius 3 is 2.67 bits per heavy atom. The Hall–Kier alpha value is -0.560. The Bertz CT molecular complexity index is 136. The van der Waals surface area contributed by atoms with Crippen molar-refractivity contribution in [2.45, 2.75) is 26.7 Å². The topological polar surface area (TPSA) is 9.23 Å². The number of hydrogen-bond donors (Lipinski definition) is 0. The molecule has 0 fully saturated rings. The van der Waals surface area contributed by atoms with Crippen LogP contribution in [0.5, 0.6) is 0 Å². The first-order chi connectivity index (χ1) is 5.81. The van der Waals surface area contributed by atoms with Crippen molar-refractivity contribution in [1.29, 1.82) is 0 Å². The lowest BCUT2D eigenvalue weighted by Gasteiger charge is -2.00. The molecule has 0 aliphatic carbocycles. The molecule has 0 aromatic rings. The number of hydrogen-bond acceptors (Lipinski definition) is 1. The summed E-state index contributed by atoms with van der Waals surface area (Å²) >= 11 is 0. The van der Waals surface area contributed by atoms with Gasteiger partial charge < -0.3 is 4.74 Å². The zero-order valence-corrected chi connectivity index (χ0v) is 8.42. The van der Waals surface area contributed by atoms with E-state index in [2.05, 4.69) is 26.0 Å². The van der Waals surface area contributed by atoms with Crippen LogP contribution in [0.4, 0.5) is 0 Å². The fourth-order valence-corrected chi connectivity index (χ4v) is 1.04. The highest BCUT2D eigenvalue weighted by atomic mass is 16.5. The van der Waals surface area contributed by atoms with E-state index in [0.29, 0.717) is 12.5 Å². The average molecular weight is 168 g/mol. The molecule has 0 N–H and O–H groups in total. The van der Waals surface area contributed by atoms with E-state index in [0.717, 1.165) is 0 Å². The van der Waals surface area contributed by atoms with E-state index in [-0.39, 0.29) is 0 Å². The van der Waals surface area contributed by atoms with Crippen LogP contribution in [0.2, 0.25) is 0 Å². The minimum atomic E-state index is 0.696. The van der Waals surface area contributed by atoms with Crippen LogP contribution in [-0.4, -0.2) is 13.7 Å². The van der Waals surface area contributed by atoms with Crippen molar-refractivity contribution in [2.75, 3.05) is 13.7 Å². The van der Waals surface area contributed by atoms with Gasteiger partial charge in [0.05, 0.1) is 6.61 Å². The summed E-state index contributed by atoms with van der Waals surface area (Å²) in [7, 11) is 1.70. The quantitative estimate of drug-likeness (QED) is 0.553. The summed E-state index contributed by atoms with van der Waals surface area (Å²) in [5.74, 6) is 0.696. The highest BCUT2D eigenvalue weighted by molar-refractivity contribution is 5.03. The Kier molecular flexibility index (Phi) is 8.14. The summed E-state index contributed by atoms with van der Waals surface area (Å²) in [4.78, 5) is 0. The van der Waals surface area contributed by atoms with Gasteiger partial charge in [0, 0.05) is 7.11 Å². The maximum absolute atomic E-state index is 4.88. The van der Waals surface area contributed by atoms with Crippen molar-refractivity contribution in [2.24, 2.45) is 5.92 Å². The molecule has 0 radical (unpaired) electrons. The lowest BCUT2D eigenvalue weighted by atomic mass is 10.1. The van der Waals surface area contributed by atoms with Crippen LogP contribution in [0, 0.1) is 5.92 Å². The monoisotopic (exact) mass is 168 g/mol. The van der Waals surface area contributed by atoms with Gasteiger partial charge in [-0.15, -0.1) is 0 Å². The predicted molar refractivity (Wildman–Crippen MR) is 54.2 cm³/mol. The van der Waals surface area contributed by atoms with Gasteiger partial charge in [0.2, 0.25) is 0 Å². The van der Waals surface area contributed by atoms with Crippen molar-refractivity contribution in [3.05, 3.63) is 24.3 Å². The number of rotatable bonds is 6. The second kappa shape index (κ2) is 8.54. The highest BCUT2D eigenvalue weighted by Gasteiger charge is 1.91. The molecule has 0 aromatic heterocycles. The first-order valence-electron chi connectivity index (χ1n) is 4.63. The summed E-state index contributed by atoms with van der Waals surface area (Å²) in [6.07, 6.45) is 10.9. The molecule has 0 aliphatic rings. The summed E-state index contributed by atoms with van der Waals surface area (Å²) in [6.45, 7) is 5.15. The van der Waals surface area contributed by atoms with Crippen molar-refractivity contribution in [1.82, 2.24) is 0 Å². The van der Waals surface area contributed by atoms with Gasteiger partial charge in [-0.3, -0.25) is 0 Å². The molecule has 0 spiro atoms. The minimum Gasteiger partial charge on any atom is -0.381 e. The van der Waals surface area contributed by atoms with E-state index in [4.69, 9.17) is 4.74 Å². The van der Waals surface area contributed by atoms with E-state index in [9.17, 15) is 0 Å². The van der Waals surface area contributed by atoms with E-state index in [1.807, 2.05) is 12.2 Å². The first kappa shape index (κ1) is 11.4. The van der Waals surface area contributed by atoms with E-state index in [1.54, 1.807) is 7.11 Å². The first-order valence-corrected chi connectivity index (χ1v) is 4.63. The van der Waals surface area contributed by atoms with E-state index < -0.39 is 0 Å². The largest absolute Gasteiger partial charge is 0.381 e. The van der Waals surface area contributed by atoms with E-state index in [1.165, 1.54) is 12.8 Å². The Morgan fingerprint density at radius 1 is 1.33 bits per heavy atom. The van der Waals surface area contributed by atoms with Crippen LogP contribution in [0.1, 0.15) is 26.7 Å². The third kappa shape index (κ3) is 7.55. The van der Waals surface area contributed by atoms with Crippen LogP contribution in [0.25, 0.3) is 0 Å². The van der Waals surface area contributed by atoms with Crippen LogP contribution >= 0.6 is 0 Å². The van der Waals surface area contributed by atoms with Crippen LogP contribution in [0.15, 0.2) is 24.3 Å². The molecule has 1 atom stereocenters. The van der Waals surface area contributed by atoms with Crippen molar-refractivity contribution in [3.63, 3.8) is 0 Å². The van der Waals surface area contributed by atoms with Gasteiger partial charge >= 0.3 is 0 Å². The molecule has 0 saturated heterocycles. The van der Waals surface area contributed by atoms with Crippen LogP contribution in [-0.2, 0) is 4.74 Å². The molecule has 1 nitrogen and oxygen atoms in total. The zero-order valence-electron chi connectivity index (χ0n) is 8.42. The fraction of sp³-hybridized carbons (Fsp3) is 0.636. The maximum atomic E-state index is 4.88. The molecule has 0 amide bonds. The Morgan fingerprint density at radius 2 is 2.08 bits per heavy atom. The molecule has 70 valence electrons. The average Bonchev–Trinajstić information content (AvgIpc) is 2.05. The second-order valence-electron chi connectivity index (χ2n) is 3.03. The normalized spacial score (nSPS) is 14.6. The van der Waals surface area contributed by atoms with E-state index >= 15 is 0 Å². The van der Waals surface area contributed by atoms with Crippen molar-refractivity contribution >= 4 is 0 Å². The standard InChI is InChI=1S/C11H20O/c1-4-8-11(2)9-6-5-7-10-12-3/h5-7,9,11H,4,8,10H2,1-3H3/b7-5+,9-6-. The molecule has 0 aliphatic heterocycles. The lowest BCUT2D eigenvalue weighted by molar-refractivity contribution is 0.234. The second-order valence-corrected chi connectivity index (χ2v) is 3.03. The van der Waals surface area contributed by atoms with Gasteiger partial charge in [-0.2, -0.15) is 0 Å². The van der Waals surface area contributed by atoms with Gasteiger partial charge in [-0.05, 0) is 12.3 Å². The SMILES string of the molecule is CCCC(C)/C=C\C=C\COC. The molecule has 1 unspecified atom stereocenters. The molecule has 0 heterocycles. The molecule has 0 bridgehead atoms. The van der Waals surface area contributed by atoms with Gasteiger partial charge in [0.15, 0.2) is 0 Å². The summed E-state index contributed by atoms with van der Waals surface area (Å²) in [5, 5.41) is 0. The third-order valence-corrected chi connectivity index (χ3v) is 1.69. The molecular formula is C11H20O. The Balaban J connectivity index is 3.46. The fourth-order valence-electron chi connectivity index (χ4n) is 1.04. The molecule has 0 aromatic carbocycles. The predicted octanol–water partition coefficient (Wildman–Crippen LogP) is 3.18. The molecule has 0 saturated carbocycles. The molecular weight excluding hydrogens is 148 g/mol. The van der Waals surface area contributed by atoms with Gasteiger partial charge in [0.25, 0.3) is 0 Å². The third-order valence-electron chi connectivity index (χ3n) is 1.69. The number of methoxy groups -OCH3 is 1. The van der Waals surface area contributed by atoms with Crippen molar-refractivity contribution < 1.29 is 4.74 Å². The molecule has 0 rings (SSSR count).